The molecule has 112 valence electrons. The van der Waals surface area contributed by atoms with Crippen LogP contribution in [0.3, 0.4) is 0 Å². The second-order valence-corrected chi connectivity index (χ2v) is 6.08. The number of nitrogen functional groups attached to an aromatic ring is 1. The van der Waals surface area contributed by atoms with Crippen LogP contribution in [0.5, 0.6) is 0 Å². The molecule has 0 aliphatic carbocycles. The first-order chi connectivity index (χ1) is 9.34. The molecule has 0 aliphatic heterocycles. The van der Waals surface area contributed by atoms with Crippen molar-refractivity contribution in [2.24, 2.45) is 5.41 Å². The molecular formula is C16H25FN2O. The van der Waals surface area contributed by atoms with Gasteiger partial charge in [-0.05, 0) is 30.0 Å². The lowest BCUT2D eigenvalue weighted by Crippen LogP contribution is -2.34. The fourth-order valence-electron chi connectivity index (χ4n) is 2.11. The largest absolute Gasteiger partial charge is 0.399 e. The number of carbonyl (C=O) groups excluding carboxylic acids is 1. The van der Waals surface area contributed by atoms with Gasteiger partial charge in [0, 0.05) is 17.8 Å². The summed E-state index contributed by atoms with van der Waals surface area (Å²) < 4.78 is 13.2. The zero-order chi connectivity index (χ0) is 15.2. The van der Waals surface area contributed by atoms with Crippen molar-refractivity contribution in [1.29, 1.82) is 0 Å². The van der Waals surface area contributed by atoms with Crippen LogP contribution in [0.25, 0.3) is 0 Å². The van der Waals surface area contributed by atoms with Crippen molar-refractivity contribution in [3.8, 4) is 0 Å². The van der Waals surface area contributed by atoms with E-state index in [1.54, 1.807) is 0 Å². The fourth-order valence-corrected chi connectivity index (χ4v) is 2.11. The molecule has 3 nitrogen and oxygen atoms in total. The lowest BCUT2D eigenvalue weighted by molar-refractivity contribution is 0.0933. The summed E-state index contributed by atoms with van der Waals surface area (Å²) in [6, 6.07) is 3.89. The van der Waals surface area contributed by atoms with E-state index in [9.17, 15) is 9.18 Å². The summed E-state index contributed by atoms with van der Waals surface area (Å²) in [5, 5.41) is 2.86. The molecule has 0 spiro atoms. The molecule has 20 heavy (non-hydrogen) atoms. The topological polar surface area (TPSA) is 55.1 Å². The second kappa shape index (κ2) is 7.27. The van der Waals surface area contributed by atoms with E-state index in [2.05, 4.69) is 26.1 Å². The number of hydrogen-bond acceptors (Lipinski definition) is 2. The van der Waals surface area contributed by atoms with Crippen LogP contribution >= 0.6 is 0 Å². The summed E-state index contributed by atoms with van der Waals surface area (Å²) in [6.45, 7) is 7.00. The molecule has 0 unspecified atom stereocenters. The first kappa shape index (κ1) is 16.5. The molecule has 0 bridgehead atoms. The van der Waals surface area contributed by atoms with Crippen LogP contribution in [-0.4, -0.2) is 12.5 Å². The summed E-state index contributed by atoms with van der Waals surface area (Å²) in [6.07, 6.45) is 4.61. The molecule has 3 N–H and O–H groups in total. The lowest BCUT2D eigenvalue weighted by atomic mass is 9.87. The van der Waals surface area contributed by atoms with Gasteiger partial charge in [-0.3, -0.25) is 4.79 Å². The highest BCUT2D eigenvalue weighted by molar-refractivity contribution is 5.95. The van der Waals surface area contributed by atoms with Gasteiger partial charge in [0.25, 0.3) is 5.91 Å². The van der Waals surface area contributed by atoms with Crippen molar-refractivity contribution in [1.82, 2.24) is 5.32 Å². The van der Waals surface area contributed by atoms with Crippen LogP contribution in [0, 0.1) is 11.2 Å². The number of rotatable bonds is 7. The molecule has 1 amide bonds. The number of carbonyl (C=O) groups is 1. The molecule has 0 radical (unpaired) electrons. The number of benzene rings is 1. The van der Waals surface area contributed by atoms with Crippen molar-refractivity contribution in [3.05, 3.63) is 29.6 Å². The SMILES string of the molecule is CCCCCC(C)(C)CNC(=O)c1cc(N)cc(F)c1. The molecule has 1 aromatic carbocycles. The zero-order valence-electron chi connectivity index (χ0n) is 12.6. The molecule has 0 atom stereocenters. The van der Waals surface area contributed by atoms with Crippen molar-refractivity contribution >= 4 is 11.6 Å². The van der Waals surface area contributed by atoms with E-state index in [0.29, 0.717) is 6.54 Å². The Morgan fingerprint density at radius 1 is 1.30 bits per heavy atom. The van der Waals surface area contributed by atoms with E-state index in [4.69, 9.17) is 5.73 Å². The van der Waals surface area contributed by atoms with Crippen LogP contribution in [0.2, 0.25) is 0 Å². The smallest absolute Gasteiger partial charge is 0.251 e. The average Bonchev–Trinajstić information content (AvgIpc) is 2.35. The minimum Gasteiger partial charge on any atom is -0.399 e. The normalized spacial score (nSPS) is 11.4. The van der Waals surface area contributed by atoms with Crippen LogP contribution < -0.4 is 11.1 Å². The monoisotopic (exact) mass is 280 g/mol. The van der Waals surface area contributed by atoms with Gasteiger partial charge in [0.15, 0.2) is 0 Å². The van der Waals surface area contributed by atoms with Gasteiger partial charge in [-0.2, -0.15) is 0 Å². The maximum Gasteiger partial charge on any atom is 0.251 e. The molecule has 0 heterocycles. The third-order valence-electron chi connectivity index (χ3n) is 3.37. The van der Waals surface area contributed by atoms with E-state index >= 15 is 0 Å². The van der Waals surface area contributed by atoms with E-state index in [0.717, 1.165) is 12.8 Å². The predicted molar refractivity (Wildman–Crippen MR) is 81.1 cm³/mol. The van der Waals surface area contributed by atoms with Gasteiger partial charge in [0.2, 0.25) is 0 Å². The Balaban J connectivity index is 2.53. The highest BCUT2D eigenvalue weighted by Crippen LogP contribution is 2.23. The summed E-state index contributed by atoms with van der Waals surface area (Å²) in [7, 11) is 0. The fraction of sp³-hybridized carbons (Fsp3) is 0.562. The number of halogens is 1. The van der Waals surface area contributed by atoms with E-state index < -0.39 is 5.82 Å². The molecule has 0 fully saturated rings. The third kappa shape index (κ3) is 5.59. The molecule has 0 aromatic heterocycles. The van der Waals surface area contributed by atoms with Crippen molar-refractivity contribution in [2.45, 2.75) is 46.5 Å². The molecular weight excluding hydrogens is 255 g/mol. The van der Waals surface area contributed by atoms with Crippen molar-refractivity contribution < 1.29 is 9.18 Å². The van der Waals surface area contributed by atoms with E-state index in [1.807, 2.05) is 0 Å². The van der Waals surface area contributed by atoms with Crippen molar-refractivity contribution in [3.63, 3.8) is 0 Å². The Kier molecular flexibility index (Phi) is 5.99. The summed E-state index contributed by atoms with van der Waals surface area (Å²) in [4.78, 5) is 12.0. The standard InChI is InChI=1S/C16H25FN2O/c1-4-5-6-7-16(2,3)11-19-15(20)12-8-13(17)10-14(18)9-12/h8-10H,4-7,11,18H2,1-3H3,(H,19,20). The molecule has 0 aliphatic rings. The second-order valence-electron chi connectivity index (χ2n) is 6.08. The Bertz CT molecular complexity index is 438. The quantitative estimate of drug-likeness (QED) is 0.590. The minimum atomic E-state index is -0.489. The Hall–Kier alpha value is -1.58. The average molecular weight is 280 g/mol. The Morgan fingerprint density at radius 3 is 2.60 bits per heavy atom. The molecule has 1 aromatic rings. The van der Waals surface area contributed by atoms with Crippen LogP contribution in [-0.2, 0) is 0 Å². The lowest BCUT2D eigenvalue weighted by Gasteiger charge is -2.25. The van der Waals surface area contributed by atoms with Gasteiger partial charge in [0.05, 0.1) is 0 Å². The number of unbranched alkanes of at least 4 members (excludes halogenated alkanes) is 2. The van der Waals surface area contributed by atoms with E-state index in [1.165, 1.54) is 31.0 Å². The van der Waals surface area contributed by atoms with Gasteiger partial charge < -0.3 is 11.1 Å². The summed E-state index contributed by atoms with van der Waals surface area (Å²) in [5.41, 5.74) is 6.12. The highest BCUT2D eigenvalue weighted by Gasteiger charge is 2.19. The van der Waals surface area contributed by atoms with Crippen molar-refractivity contribution in [2.75, 3.05) is 12.3 Å². The first-order valence-electron chi connectivity index (χ1n) is 7.18. The summed E-state index contributed by atoms with van der Waals surface area (Å²) in [5.74, 6) is -0.767. The van der Waals surface area contributed by atoms with Gasteiger partial charge in [0.1, 0.15) is 5.82 Å². The maximum absolute atomic E-state index is 13.2. The maximum atomic E-state index is 13.2. The van der Waals surface area contributed by atoms with Gasteiger partial charge in [-0.25, -0.2) is 4.39 Å². The number of hydrogen-bond donors (Lipinski definition) is 2. The van der Waals surface area contributed by atoms with Crippen LogP contribution in [0.1, 0.15) is 56.8 Å². The molecule has 0 saturated heterocycles. The van der Waals surface area contributed by atoms with Gasteiger partial charge in [-0.15, -0.1) is 0 Å². The molecule has 0 saturated carbocycles. The predicted octanol–water partition coefficient (Wildman–Crippen LogP) is 3.74. The number of amides is 1. The third-order valence-corrected chi connectivity index (χ3v) is 3.37. The van der Waals surface area contributed by atoms with Gasteiger partial charge in [-0.1, -0.05) is 40.0 Å². The molecule has 4 heteroatoms. The zero-order valence-corrected chi connectivity index (χ0v) is 12.6. The summed E-state index contributed by atoms with van der Waals surface area (Å²) >= 11 is 0. The Morgan fingerprint density at radius 2 is 2.00 bits per heavy atom. The van der Waals surface area contributed by atoms with Crippen LogP contribution in [0.4, 0.5) is 10.1 Å². The minimum absolute atomic E-state index is 0.0453. The van der Waals surface area contributed by atoms with Gasteiger partial charge >= 0.3 is 0 Å². The first-order valence-corrected chi connectivity index (χ1v) is 7.18. The number of nitrogens with two attached hydrogens (primary N) is 1. The molecule has 1 rings (SSSR count). The van der Waals surface area contributed by atoms with Crippen LogP contribution in [0.15, 0.2) is 18.2 Å². The van der Waals surface area contributed by atoms with E-state index in [-0.39, 0.29) is 22.6 Å². The number of anilines is 1. The highest BCUT2D eigenvalue weighted by atomic mass is 19.1. The number of nitrogens with one attached hydrogen (secondary N) is 1. The Labute approximate surface area is 120 Å².